The minimum Gasteiger partial charge on any atom is -0.493 e. The van der Waals surface area contributed by atoms with Crippen molar-refractivity contribution >= 4 is 24.1 Å². The number of rotatable bonds is 26. The predicted octanol–water partition coefficient (Wildman–Crippen LogP) is 9.36. The zero-order chi connectivity index (χ0) is 36.0. The monoisotopic (exact) mass is 722 g/mol. The van der Waals surface area contributed by atoms with Crippen LogP contribution >= 0.6 is 0 Å². The summed E-state index contributed by atoms with van der Waals surface area (Å²) >= 11 is 0. The molecule has 49 heavy (non-hydrogen) atoms. The van der Waals surface area contributed by atoms with Crippen molar-refractivity contribution in [2.24, 2.45) is 0 Å². The first-order chi connectivity index (χ1) is 23.7. The maximum atomic E-state index is 14.1. The van der Waals surface area contributed by atoms with Crippen LogP contribution in [0.25, 0.3) is 5.53 Å². The second kappa shape index (κ2) is 23.3. The summed E-state index contributed by atoms with van der Waals surface area (Å²) in [6, 6.07) is 8.28. The third-order valence-corrected chi connectivity index (χ3v) is 12.2. The van der Waals surface area contributed by atoms with E-state index < -0.39 is 33.8 Å². The van der Waals surface area contributed by atoms with E-state index in [2.05, 4.69) is 32.5 Å². The van der Waals surface area contributed by atoms with Gasteiger partial charge in [-0.2, -0.15) is 0 Å². The van der Waals surface area contributed by atoms with E-state index in [1.165, 1.54) is 36.4 Å². The van der Waals surface area contributed by atoms with Crippen LogP contribution in [0.2, 0.25) is 0 Å². The lowest BCUT2D eigenvalue weighted by molar-refractivity contribution is 0.00377. The molecular formula is C37H58N2O8S2. The number of ether oxygens (including phenoxy) is 4. The first kappa shape index (κ1) is 42.1. The number of sulfone groups is 2. The average molecular weight is 723 g/mol. The Labute approximate surface area is 295 Å². The van der Waals surface area contributed by atoms with Gasteiger partial charge < -0.3 is 24.5 Å². The molecular weight excluding hydrogens is 665 g/mol. The zero-order valence-corrected chi connectivity index (χ0v) is 31.7. The Hall–Kier alpha value is -3.08. The molecule has 276 valence electrons. The average Bonchev–Trinajstić information content (AvgIpc) is 3.08. The molecule has 10 nitrogen and oxygen atoms in total. The minimum atomic E-state index is -4.92. The van der Waals surface area contributed by atoms with Crippen LogP contribution in [0.15, 0.2) is 46.2 Å². The standard InChI is InChI=1S/C37H58N2O8S2/c1-5-9-13-17-25-44-31-21-23-35(33(29-31)46-27-19-15-11-7-3)48(40,41)37(39-38)49(42,43)36-24-22-32(45-26-18-14-10-6-2)30-34(36)47-28-20-16-12-8-4/h21-24,29-30H,5-20,25-28H2,1-4H3. The molecule has 0 fully saturated rings. The van der Waals surface area contributed by atoms with Crippen LogP contribution in [-0.2, 0) is 19.7 Å². The van der Waals surface area contributed by atoms with Crippen molar-refractivity contribution in [3.8, 4) is 23.0 Å². The fraction of sp³-hybridized carbons (Fsp3) is 0.649. The maximum Gasteiger partial charge on any atom is 0.504 e. The summed E-state index contributed by atoms with van der Waals surface area (Å²) in [7, 11) is -9.84. The molecule has 0 saturated heterocycles. The van der Waals surface area contributed by atoms with Gasteiger partial charge in [-0.05, 0) is 49.9 Å². The summed E-state index contributed by atoms with van der Waals surface area (Å²) in [5.74, 6) is 0.651. The highest BCUT2D eigenvalue weighted by Gasteiger charge is 2.47. The Kier molecular flexibility index (Phi) is 20.1. The van der Waals surface area contributed by atoms with E-state index in [-0.39, 0.29) is 24.7 Å². The van der Waals surface area contributed by atoms with Gasteiger partial charge in [0.2, 0.25) is 0 Å². The van der Waals surface area contributed by atoms with E-state index in [0.717, 1.165) is 89.9 Å². The van der Waals surface area contributed by atoms with Crippen LogP contribution in [0.5, 0.6) is 23.0 Å². The van der Waals surface area contributed by atoms with Gasteiger partial charge in [0.1, 0.15) is 32.8 Å². The van der Waals surface area contributed by atoms with E-state index >= 15 is 0 Å². The number of nitrogens with zero attached hydrogens (tertiary/aromatic N) is 2. The molecule has 0 N–H and O–H groups in total. The third-order valence-electron chi connectivity index (χ3n) is 7.99. The summed E-state index contributed by atoms with van der Waals surface area (Å²) in [6.07, 6.45) is 15.2. The molecule has 0 amide bonds. The second-order valence-electron chi connectivity index (χ2n) is 12.2. The highest BCUT2D eigenvalue weighted by molar-refractivity contribution is 8.31. The van der Waals surface area contributed by atoms with E-state index in [0.29, 0.717) is 37.6 Å². The maximum absolute atomic E-state index is 14.1. The van der Waals surface area contributed by atoms with Gasteiger partial charge in [0.15, 0.2) is 0 Å². The van der Waals surface area contributed by atoms with Crippen molar-refractivity contribution < 1.29 is 40.6 Å². The summed E-state index contributed by atoms with van der Waals surface area (Å²) in [5.41, 5.74) is 10.0. The normalized spacial score (nSPS) is 11.6. The largest absolute Gasteiger partial charge is 0.504 e. The number of unbranched alkanes of at least 4 members (excludes halogenated alkanes) is 12. The molecule has 2 aromatic rings. The van der Waals surface area contributed by atoms with E-state index in [1.54, 1.807) is 0 Å². The highest BCUT2D eigenvalue weighted by Crippen LogP contribution is 2.35. The molecule has 0 bridgehead atoms. The van der Waals surface area contributed by atoms with Crippen molar-refractivity contribution in [1.29, 1.82) is 0 Å². The third kappa shape index (κ3) is 14.0. The molecule has 2 aromatic carbocycles. The predicted molar refractivity (Wildman–Crippen MR) is 194 cm³/mol. The Bertz CT molecular complexity index is 1410. The number of benzene rings is 2. The fourth-order valence-electron chi connectivity index (χ4n) is 5.13. The Balaban J connectivity index is 2.47. The van der Waals surface area contributed by atoms with Crippen molar-refractivity contribution in [2.45, 2.75) is 140 Å². The lowest BCUT2D eigenvalue weighted by atomic mass is 10.2. The van der Waals surface area contributed by atoms with Crippen LogP contribution in [0, 0.1) is 0 Å². The Morgan fingerprint density at radius 3 is 1.14 bits per heavy atom. The molecule has 0 aliphatic rings. The van der Waals surface area contributed by atoms with Gasteiger partial charge >= 0.3 is 4.38 Å². The second-order valence-corrected chi connectivity index (χ2v) is 16.2. The summed E-state index contributed by atoms with van der Waals surface area (Å²) in [6.45, 7) is 9.74. The summed E-state index contributed by atoms with van der Waals surface area (Å²) in [5, 5.41) is 0. The molecule has 0 aromatic heterocycles. The fourth-order valence-corrected chi connectivity index (χ4v) is 8.67. The summed E-state index contributed by atoms with van der Waals surface area (Å²) in [4.78, 5) is 2.00. The molecule has 0 heterocycles. The van der Waals surface area contributed by atoms with Gasteiger partial charge in [-0.25, -0.2) is 16.8 Å². The first-order valence-corrected chi connectivity index (χ1v) is 21.1. The smallest absolute Gasteiger partial charge is 0.493 e. The van der Waals surface area contributed by atoms with Gasteiger partial charge in [0, 0.05) is 12.1 Å². The van der Waals surface area contributed by atoms with Gasteiger partial charge in [0.05, 0.1) is 26.4 Å². The highest BCUT2D eigenvalue weighted by atomic mass is 32.3. The molecule has 0 atom stereocenters. The van der Waals surface area contributed by atoms with Gasteiger partial charge in [-0.15, -0.1) is 4.79 Å². The molecule has 0 unspecified atom stereocenters. The lowest BCUT2D eigenvalue weighted by Crippen LogP contribution is -2.27. The summed E-state index contributed by atoms with van der Waals surface area (Å²) < 4.78 is 78.4. The van der Waals surface area contributed by atoms with E-state index in [1.807, 2.05) is 0 Å². The van der Waals surface area contributed by atoms with Gasteiger partial charge in [-0.1, -0.05) is 105 Å². The quantitative estimate of drug-likeness (QED) is 0.0307. The molecule has 0 aliphatic carbocycles. The van der Waals surface area contributed by atoms with E-state index in [9.17, 15) is 22.4 Å². The Morgan fingerprint density at radius 2 is 0.837 bits per heavy atom. The molecule has 0 saturated carbocycles. The minimum absolute atomic E-state index is 0.0712. The SMILES string of the molecule is CCCCCCOc1ccc(S(=O)(=O)C(=[N+]=[N-])S(=O)(=O)c2ccc(OCCCCCC)cc2OCCCCCC)c(OCCCCCC)c1. The van der Waals surface area contributed by atoms with Crippen molar-refractivity contribution in [3.63, 3.8) is 0 Å². The van der Waals surface area contributed by atoms with Gasteiger partial charge in [0.25, 0.3) is 19.7 Å². The topological polar surface area (TPSA) is 142 Å². The van der Waals surface area contributed by atoms with Crippen molar-refractivity contribution in [3.05, 3.63) is 41.9 Å². The van der Waals surface area contributed by atoms with Crippen molar-refractivity contribution in [2.75, 3.05) is 26.4 Å². The van der Waals surface area contributed by atoms with Crippen LogP contribution in [0.1, 0.15) is 130 Å². The van der Waals surface area contributed by atoms with Crippen molar-refractivity contribution in [1.82, 2.24) is 0 Å². The lowest BCUT2D eigenvalue weighted by Gasteiger charge is -2.15. The molecule has 0 aliphatic heterocycles. The Morgan fingerprint density at radius 1 is 0.510 bits per heavy atom. The molecule has 2 rings (SSSR count). The van der Waals surface area contributed by atoms with E-state index in [4.69, 9.17) is 18.9 Å². The number of hydrogen-bond acceptors (Lipinski definition) is 8. The molecule has 0 spiro atoms. The van der Waals surface area contributed by atoms with Crippen LogP contribution in [0.4, 0.5) is 0 Å². The zero-order valence-electron chi connectivity index (χ0n) is 30.1. The number of hydrogen-bond donors (Lipinski definition) is 0. The van der Waals surface area contributed by atoms with Crippen LogP contribution in [-0.4, -0.2) is 52.4 Å². The molecule has 0 radical (unpaired) electrons. The molecule has 12 heteroatoms. The van der Waals surface area contributed by atoms with Crippen LogP contribution in [0.3, 0.4) is 0 Å². The van der Waals surface area contributed by atoms with Gasteiger partial charge in [-0.3, -0.25) is 0 Å². The van der Waals surface area contributed by atoms with Crippen LogP contribution < -0.4 is 18.9 Å². The first-order valence-electron chi connectivity index (χ1n) is 18.2.